The Morgan fingerprint density at radius 1 is 1.00 bits per heavy atom. The van der Waals surface area contributed by atoms with Gasteiger partial charge in [0.2, 0.25) is 0 Å². The molecular formula is C13H8Cl3FO. The third-order valence-electron chi connectivity index (χ3n) is 2.28. The lowest BCUT2D eigenvalue weighted by Crippen LogP contribution is -1.91. The van der Waals surface area contributed by atoms with E-state index in [0.29, 0.717) is 27.1 Å². The van der Waals surface area contributed by atoms with Gasteiger partial charge in [-0.1, -0.05) is 23.2 Å². The summed E-state index contributed by atoms with van der Waals surface area (Å²) in [6.07, 6.45) is 0. The Morgan fingerprint density at radius 3 is 2.39 bits per heavy atom. The van der Waals surface area contributed by atoms with E-state index in [0.717, 1.165) is 0 Å². The van der Waals surface area contributed by atoms with Crippen molar-refractivity contribution in [3.8, 4) is 11.5 Å². The molecule has 0 amide bonds. The summed E-state index contributed by atoms with van der Waals surface area (Å²) in [5, 5.41) is 0.899. The van der Waals surface area contributed by atoms with E-state index >= 15 is 0 Å². The molecule has 18 heavy (non-hydrogen) atoms. The minimum Gasteiger partial charge on any atom is -0.455 e. The molecule has 0 heterocycles. The molecule has 0 fully saturated rings. The van der Waals surface area contributed by atoms with E-state index in [1.807, 2.05) is 0 Å². The van der Waals surface area contributed by atoms with Gasteiger partial charge in [0, 0.05) is 10.6 Å². The van der Waals surface area contributed by atoms with Crippen LogP contribution in [0.4, 0.5) is 4.39 Å². The van der Waals surface area contributed by atoms with Gasteiger partial charge in [0.25, 0.3) is 0 Å². The molecule has 0 aliphatic carbocycles. The van der Waals surface area contributed by atoms with Crippen LogP contribution in [0, 0.1) is 5.82 Å². The zero-order valence-electron chi connectivity index (χ0n) is 9.09. The lowest BCUT2D eigenvalue weighted by atomic mass is 10.2. The predicted molar refractivity (Wildman–Crippen MR) is 72.5 cm³/mol. The second kappa shape index (κ2) is 5.79. The largest absolute Gasteiger partial charge is 0.455 e. The van der Waals surface area contributed by atoms with Crippen LogP contribution in [0.15, 0.2) is 36.4 Å². The molecule has 0 aromatic heterocycles. The second-order valence-electron chi connectivity index (χ2n) is 3.56. The molecule has 2 aromatic carbocycles. The Hall–Kier alpha value is -0.960. The third kappa shape index (κ3) is 3.08. The Balaban J connectivity index is 2.33. The van der Waals surface area contributed by atoms with Crippen LogP contribution in [0.2, 0.25) is 10.0 Å². The lowest BCUT2D eigenvalue weighted by molar-refractivity contribution is 0.476. The molecule has 2 rings (SSSR count). The van der Waals surface area contributed by atoms with Crippen LogP contribution in [0.3, 0.4) is 0 Å². The second-order valence-corrected chi connectivity index (χ2v) is 4.67. The molecule has 0 bridgehead atoms. The number of hydrogen-bond donors (Lipinski definition) is 0. The standard InChI is InChI=1S/C13H8Cl3FO/c14-7-8-5-10(17)2-4-12(8)18-13-3-1-9(15)6-11(13)16/h1-6H,7H2. The van der Waals surface area contributed by atoms with E-state index < -0.39 is 0 Å². The molecule has 0 N–H and O–H groups in total. The summed E-state index contributed by atoms with van der Waals surface area (Å²) in [7, 11) is 0. The maximum atomic E-state index is 13.0. The summed E-state index contributed by atoms with van der Waals surface area (Å²) in [6.45, 7) is 0. The van der Waals surface area contributed by atoms with E-state index in [9.17, 15) is 4.39 Å². The average molecular weight is 306 g/mol. The number of halogens is 4. The van der Waals surface area contributed by atoms with Crippen molar-refractivity contribution in [2.75, 3.05) is 0 Å². The van der Waals surface area contributed by atoms with Crippen LogP contribution in [-0.4, -0.2) is 0 Å². The number of hydrogen-bond acceptors (Lipinski definition) is 1. The topological polar surface area (TPSA) is 9.23 Å². The lowest BCUT2D eigenvalue weighted by Gasteiger charge is -2.11. The maximum absolute atomic E-state index is 13.0. The van der Waals surface area contributed by atoms with E-state index in [2.05, 4.69) is 0 Å². The first kappa shape index (κ1) is 13.5. The van der Waals surface area contributed by atoms with Crippen molar-refractivity contribution in [1.29, 1.82) is 0 Å². The highest BCUT2D eigenvalue weighted by molar-refractivity contribution is 6.35. The molecule has 0 aliphatic heterocycles. The first-order chi connectivity index (χ1) is 8.60. The molecule has 94 valence electrons. The molecule has 0 unspecified atom stereocenters. The first-order valence-corrected chi connectivity index (χ1v) is 6.36. The summed E-state index contributed by atoms with van der Waals surface area (Å²) in [5.41, 5.74) is 0.558. The van der Waals surface area contributed by atoms with Gasteiger partial charge in [-0.15, -0.1) is 11.6 Å². The minimum atomic E-state index is -0.361. The molecule has 0 aliphatic rings. The SMILES string of the molecule is Fc1ccc(Oc2ccc(Cl)cc2Cl)c(CCl)c1. The summed E-state index contributed by atoms with van der Waals surface area (Å²) in [4.78, 5) is 0. The molecule has 0 radical (unpaired) electrons. The third-order valence-corrected chi connectivity index (χ3v) is 3.10. The number of rotatable bonds is 3. The van der Waals surface area contributed by atoms with Gasteiger partial charge in [-0.25, -0.2) is 4.39 Å². The number of benzene rings is 2. The van der Waals surface area contributed by atoms with Crippen molar-refractivity contribution in [2.45, 2.75) is 5.88 Å². The Bertz CT molecular complexity index is 572. The van der Waals surface area contributed by atoms with Crippen LogP contribution < -0.4 is 4.74 Å². The quantitative estimate of drug-likeness (QED) is 0.664. The Morgan fingerprint density at radius 2 is 1.72 bits per heavy atom. The molecule has 2 aromatic rings. The summed E-state index contributed by atoms with van der Waals surface area (Å²) in [5.74, 6) is 0.702. The molecule has 0 atom stereocenters. The minimum absolute atomic E-state index is 0.151. The number of alkyl halides is 1. The summed E-state index contributed by atoms with van der Waals surface area (Å²) >= 11 is 17.5. The van der Waals surface area contributed by atoms with Crippen LogP contribution >= 0.6 is 34.8 Å². The Kier molecular flexibility index (Phi) is 4.33. The van der Waals surface area contributed by atoms with Gasteiger partial charge in [0.15, 0.2) is 0 Å². The molecule has 0 saturated heterocycles. The molecule has 1 nitrogen and oxygen atoms in total. The molecular weight excluding hydrogens is 297 g/mol. The van der Waals surface area contributed by atoms with Crippen molar-refractivity contribution in [2.24, 2.45) is 0 Å². The zero-order chi connectivity index (χ0) is 13.1. The van der Waals surface area contributed by atoms with Crippen molar-refractivity contribution >= 4 is 34.8 Å². The zero-order valence-corrected chi connectivity index (χ0v) is 11.4. The van der Waals surface area contributed by atoms with Crippen molar-refractivity contribution in [3.05, 3.63) is 57.8 Å². The van der Waals surface area contributed by atoms with E-state index in [1.165, 1.54) is 18.2 Å². The van der Waals surface area contributed by atoms with Crippen molar-refractivity contribution in [3.63, 3.8) is 0 Å². The van der Waals surface area contributed by atoms with Gasteiger partial charge in [-0.05, 0) is 36.4 Å². The van der Waals surface area contributed by atoms with E-state index in [1.54, 1.807) is 18.2 Å². The van der Waals surface area contributed by atoms with Gasteiger partial charge in [0.1, 0.15) is 17.3 Å². The predicted octanol–water partition coefficient (Wildman–Crippen LogP) is 5.66. The highest BCUT2D eigenvalue weighted by atomic mass is 35.5. The highest BCUT2D eigenvalue weighted by Gasteiger charge is 2.08. The van der Waals surface area contributed by atoms with Gasteiger partial charge in [-0.2, -0.15) is 0 Å². The number of ether oxygens (including phenoxy) is 1. The summed E-state index contributed by atoms with van der Waals surface area (Å²) < 4.78 is 18.6. The van der Waals surface area contributed by atoms with Crippen LogP contribution in [0.1, 0.15) is 5.56 Å². The van der Waals surface area contributed by atoms with Gasteiger partial charge < -0.3 is 4.74 Å². The van der Waals surface area contributed by atoms with Gasteiger partial charge >= 0.3 is 0 Å². The van der Waals surface area contributed by atoms with E-state index in [4.69, 9.17) is 39.5 Å². The highest BCUT2D eigenvalue weighted by Crippen LogP contribution is 2.33. The normalized spacial score (nSPS) is 10.4. The van der Waals surface area contributed by atoms with Gasteiger partial charge in [-0.3, -0.25) is 0 Å². The first-order valence-electron chi connectivity index (χ1n) is 5.07. The monoisotopic (exact) mass is 304 g/mol. The van der Waals surface area contributed by atoms with Crippen LogP contribution in [0.25, 0.3) is 0 Å². The van der Waals surface area contributed by atoms with Gasteiger partial charge in [0.05, 0.1) is 10.9 Å². The van der Waals surface area contributed by atoms with E-state index in [-0.39, 0.29) is 11.7 Å². The molecule has 5 heteroatoms. The average Bonchev–Trinajstić information content (AvgIpc) is 2.34. The van der Waals surface area contributed by atoms with Crippen LogP contribution in [-0.2, 0) is 5.88 Å². The summed E-state index contributed by atoms with van der Waals surface area (Å²) in [6, 6.07) is 9.01. The molecule has 0 saturated carbocycles. The Labute approximate surface area is 119 Å². The fraction of sp³-hybridized carbons (Fsp3) is 0.0769. The van der Waals surface area contributed by atoms with Crippen LogP contribution in [0.5, 0.6) is 11.5 Å². The maximum Gasteiger partial charge on any atom is 0.146 e. The molecule has 0 spiro atoms. The smallest absolute Gasteiger partial charge is 0.146 e. The van der Waals surface area contributed by atoms with Crippen molar-refractivity contribution in [1.82, 2.24) is 0 Å². The fourth-order valence-electron chi connectivity index (χ4n) is 1.43. The van der Waals surface area contributed by atoms with Crippen molar-refractivity contribution < 1.29 is 9.13 Å². The fourth-order valence-corrected chi connectivity index (χ4v) is 2.08.